The van der Waals surface area contributed by atoms with Gasteiger partial charge in [-0.2, -0.15) is 5.10 Å². The van der Waals surface area contributed by atoms with Gasteiger partial charge in [0.25, 0.3) is 10.0 Å². The number of halogens is 1. The second kappa shape index (κ2) is 9.49. The summed E-state index contributed by atoms with van der Waals surface area (Å²) in [5, 5.41) is 7.80. The molecule has 7 nitrogen and oxygen atoms in total. The molecule has 4 rings (SSSR count). The van der Waals surface area contributed by atoms with Crippen molar-refractivity contribution in [2.75, 3.05) is 29.3 Å². The first kappa shape index (κ1) is 21.3. The molecule has 0 amide bonds. The maximum absolute atomic E-state index is 13.1. The van der Waals surface area contributed by atoms with Crippen LogP contribution in [0.4, 0.5) is 15.8 Å². The highest BCUT2D eigenvalue weighted by atomic mass is 32.2. The minimum absolute atomic E-state index is 0.0290. The zero-order valence-electron chi connectivity index (χ0n) is 17.1. The number of rotatable bonds is 8. The number of nitrogens with one attached hydrogen (secondary N) is 2. The molecule has 2 N–H and O–H groups in total. The number of hydrogen-bond acceptors (Lipinski definition) is 5. The topological polar surface area (TPSA) is 79.3 Å². The van der Waals surface area contributed by atoms with E-state index in [9.17, 15) is 12.8 Å². The summed E-state index contributed by atoms with van der Waals surface area (Å²) in [6.07, 6.45) is 5.78. The lowest BCUT2D eigenvalue weighted by molar-refractivity contribution is 0.401. The quantitative estimate of drug-likeness (QED) is 0.559. The van der Waals surface area contributed by atoms with Crippen LogP contribution in [0.25, 0.3) is 0 Å². The molecule has 0 aliphatic carbocycles. The third-order valence-electron chi connectivity index (χ3n) is 5.42. The van der Waals surface area contributed by atoms with Crippen molar-refractivity contribution in [1.82, 2.24) is 15.1 Å². The molecule has 1 aliphatic rings. The average Bonchev–Trinajstić information content (AvgIpc) is 3.28. The molecule has 1 aromatic heterocycles. The van der Waals surface area contributed by atoms with Gasteiger partial charge in [-0.25, -0.2) is 12.8 Å². The number of piperidine rings is 1. The number of sulfonamides is 1. The molecule has 2 heterocycles. The van der Waals surface area contributed by atoms with E-state index in [1.807, 2.05) is 35.1 Å². The van der Waals surface area contributed by atoms with E-state index >= 15 is 0 Å². The minimum atomic E-state index is -3.77. The summed E-state index contributed by atoms with van der Waals surface area (Å²) in [5.41, 5.74) is 1.47. The van der Waals surface area contributed by atoms with Crippen LogP contribution in [0.2, 0.25) is 0 Å². The van der Waals surface area contributed by atoms with Crippen LogP contribution in [-0.4, -0.2) is 43.9 Å². The van der Waals surface area contributed by atoms with E-state index in [2.05, 4.69) is 20.0 Å². The fourth-order valence-corrected chi connectivity index (χ4v) is 4.80. The van der Waals surface area contributed by atoms with Gasteiger partial charge in [-0.15, -0.1) is 0 Å². The molecule has 0 spiro atoms. The Hall–Kier alpha value is -2.91. The lowest BCUT2D eigenvalue weighted by atomic mass is 10.0. The van der Waals surface area contributed by atoms with Crippen LogP contribution >= 0.6 is 0 Å². The second-order valence-electron chi connectivity index (χ2n) is 7.59. The molecule has 31 heavy (non-hydrogen) atoms. The molecule has 0 bridgehead atoms. The van der Waals surface area contributed by atoms with Gasteiger partial charge < -0.3 is 10.2 Å². The van der Waals surface area contributed by atoms with Crippen molar-refractivity contribution in [2.24, 2.45) is 0 Å². The van der Waals surface area contributed by atoms with Crippen LogP contribution in [-0.2, 0) is 16.6 Å². The van der Waals surface area contributed by atoms with Gasteiger partial charge in [-0.05, 0) is 61.4 Å². The Kier molecular flexibility index (Phi) is 6.53. The Labute approximate surface area is 181 Å². The van der Waals surface area contributed by atoms with Crippen molar-refractivity contribution in [3.63, 3.8) is 0 Å². The summed E-state index contributed by atoms with van der Waals surface area (Å²) >= 11 is 0. The number of anilines is 2. The largest absolute Gasteiger partial charge is 0.371 e. The van der Waals surface area contributed by atoms with Crippen LogP contribution in [0, 0.1) is 5.82 Å². The van der Waals surface area contributed by atoms with Gasteiger partial charge in [-0.1, -0.05) is 6.07 Å². The average molecular weight is 444 g/mol. The minimum Gasteiger partial charge on any atom is -0.371 e. The van der Waals surface area contributed by atoms with Gasteiger partial charge in [-0.3, -0.25) is 9.40 Å². The highest BCUT2D eigenvalue weighted by Crippen LogP contribution is 2.25. The second-order valence-corrected chi connectivity index (χ2v) is 9.28. The van der Waals surface area contributed by atoms with Crippen LogP contribution in [0.3, 0.4) is 0 Å². The van der Waals surface area contributed by atoms with Crippen LogP contribution in [0.1, 0.15) is 12.8 Å². The predicted octanol–water partition coefficient (Wildman–Crippen LogP) is 3.08. The molecule has 1 aliphatic heterocycles. The van der Waals surface area contributed by atoms with Crippen molar-refractivity contribution in [3.8, 4) is 0 Å². The van der Waals surface area contributed by atoms with Crippen molar-refractivity contribution in [1.29, 1.82) is 0 Å². The fourth-order valence-electron chi connectivity index (χ4n) is 3.75. The Morgan fingerprint density at radius 3 is 2.55 bits per heavy atom. The normalized spacial score (nSPS) is 15.2. The van der Waals surface area contributed by atoms with E-state index in [-0.39, 0.29) is 4.90 Å². The predicted molar refractivity (Wildman–Crippen MR) is 119 cm³/mol. The molecule has 3 aromatic rings. The highest BCUT2D eigenvalue weighted by Gasteiger charge is 2.20. The zero-order chi connectivity index (χ0) is 21.7. The van der Waals surface area contributed by atoms with Gasteiger partial charge in [0.05, 0.1) is 17.1 Å². The van der Waals surface area contributed by atoms with Gasteiger partial charge >= 0.3 is 0 Å². The molecule has 2 aromatic carbocycles. The van der Waals surface area contributed by atoms with Crippen molar-refractivity contribution < 1.29 is 12.8 Å². The number of hydrogen-bond donors (Lipinski definition) is 2. The molecular weight excluding hydrogens is 417 g/mol. The fraction of sp³-hybridized carbons (Fsp3) is 0.318. The summed E-state index contributed by atoms with van der Waals surface area (Å²) in [5.74, 6) is -0.472. The first-order valence-corrected chi connectivity index (χ1v) is 11.8. The van der Waals surface area contributed by atoms with E-state index in [0.29, 0.717) is 11.7 Å². The molecule has 0 radical (unpaired) electrons. The summed E-state index contributed by atoms with van der Waals surface area (Å²) < 4.78 is 42.7. The lowest BCUT2D eigenvalue weighted by Crippen LogP contribution is -2.43. The summed E-state index contributed by atoms with van der Waals surface area (Å²) in [6.45, 7) is 3.53. The smallest absolute Gasteiger partial charge is 0.261 e. The first-order chi connectivity index (χ1) is 15.0. The Morgan fingerprint density at radius 1 is 1.06 bits per heavy atom. The SMILES string of the molecule is O=S(=O)(Nc1cccc(N2CCC(NCCn3cccn3)CC2)c1)c1ccc(F)cc1. The van der Waals surface area contributed by atoms with E-state index < -0.39 is 15.8 Å². The van der Waals surface area contributed by atoms with Crippen molar-refractivity contribution in [2.45, 2.75) is 30.3 Å². The molecule has 1 saturated heterocycles. The Balaban J connectivity index is 1.32. The van der Waals surface area contributed by atoms with Gasteiger partial charge in [0.2, 0.25) is 0 Å². The standard InChI is InChI=1S/C22H26FN5O2S/c23-18-5-7-22(8-6-18)31(29,30)26-20-3-1-4-21(17-20)27-14-9-19(10-15-27)24-12-16-28-13-2-11-25-28/h1-8,11,13,17,19,24,26H,9-10,12,14-16H2. The summed E-state index contributed by atoms with van der Waals surface area (Å²) in [7, 11) is -3.77. The highest BCUT2D eigenvalue weighted by molar-refractivity contribution is 7.92. The molecule has 0 atom stereocenters. The zero-order valence-corrected chi connectivity index (χ0v) is 17.9. The molecule has 1 fully saturated rings. The maximum atomic E-state index is 13.1. The third kappa shape index (κ3) is 5.62. The summed E-state index contributed by atoms with van der Waals surface area (Å²) in [4.78, 5) is 2.29. The lowest BCUT2D eigenvalue weighted by Gasteiger charge is -2.34. The van der Waals surface area contributed by atoms with Crippen LogP contribution in [0.15, 0.2) is 71.9 Å². The molecule has 9 heteroatoms. The Morgan fingerprint density at radius 2 is 1.84 bits per heavy atom. The van der Waals surface area contributed by atoms with E-state index in [1.54, 1.807) is 12.3 Å². The maximum Gasteiger partial charge on any atom is 0.261 e. The van der Waals surface area contributed by atoms with Gasteiger partial charge in [0.15, 0.2) is 0 Å². The Bertz CT molecular complexity index is 1080. The third-order valence-corrected chi connectivity index (χ3v) is 6.81. The number of nitrogens with zero attached hydrogens (tertiary/aromatic N) is 3. The molecule has 0 saturated carbocycles. The number of aromatic nitrogens is 2. The molecular formula is C22H26FN5O2S. The molecule has 0 unspecified atom stereocenters. The van der Waals surface area contributed by atoms with Gasteiger partial charge in [0.1, 0.15) is 5.82 Å². The van der Waals surface area contributed by atoms with E-state index in [1.165, 1.54) is 12.1 Å². The number of benzene rings is 2. The van der Waals surface area contributed by atoms with Crippen LogP contribution in [0.5, 0.6) is 0 Å². The van der Waals surface area contributed by atoms with Crippen molar-refractivity contribution >= 4 is 21.4 Å². The van der Waals surface area contributed by atoms with Crippen LogP contribution < -0.4 is 14.9 Å². The van der Waals surface area contributed by atoms with Crippen molar-refractivity contribution in [3.05, 3.63) is 72.8 Å². The van der Waals surface area contributed by atoms with Gasteiger partial charge in [0, 0.05) is 43.8 Å². The van der Waals surface area contributed by atoms with E-state index in [0.717, 1.165) is 56.8 Å². The first-order valence-electron chi connectivity index (χ1n) is 10.3. The summed E-state index contributed by atoms with van der Waals surface area (Å²) in [6, 6.07) is 14.6. The molecule has 164 valence electrons. The monoisotopic (exact) mass is 443 g/mol. The van der Waals surface area contributed by atoms with E-state index in [4.69, 9.17) is 0 Å².